The van der Waals surface area contributed by atoms with E-state index < -0.39 is 10.0 Å². The van der Waals surface area contributed by atoms with Gasteiger partial charge in [-0.15, -0.1) is 0 Å². The maximum absolute atomic E-state index is 12.0. The zero-order valence-electron chi connectivity index (χ0n) is 13.8. The molecule has 0 fully saturated rings. The maximum atomic E-state index is 12.0. The second-order valence-electron chi connectivity index (χ2n) is 5.27. The number of amides is 1. The summed E-state index contributed by atoms with van der Waals surface area (Å²) in [6, 6.07) is 11.6. The Morgan fingerprint density at radius 1 is 1.08 bits per heavy atom. The van der Waals surface area contributed by atoms with E-state index in [-0.39, 0.29) is 17.4 Å². The van der Waals surface area contributed by atoms with E-state index in [1.165, 1.54) is 31.3 Å². The molecule has 2 aromatic rings. The molecule has 0 aromatic heterocycles. The lowest BCUT2D eigenvalue weighted by Gasteiger charge is -2.11. The van der Waals surface area contributed by atoms with Crippen LogP contribution < -0.4 is 14.8 Å². The molecule has 0 radical (unpaired) electrons. The molecule has 0 aliphatic carbocycles. The van der Waals surface area contributed by atoms with Crippen LogP contribution in [0.15, 0.2) is 47.4 Å². The Hall–Kier alpha value is -2.38. The van der Waals surface area contributed by atoms with Crippen molar-refractivity contribution >= 4 is 21.6 Å². The lowest BCUT2D eigenvalue weighted by molar-refractivity contribution is -0.118. The Labute approximate surface area is 141 Å². The number of benzene rings is 2. The van der Waals surface area contributed by atoms with Gasteiger partial charge in [-0.1, -0.05) is 12.1 Å². The van der Waals surface area contributed by atoms with Crippen molar-refractivity contribution in [3.8, 4) is 5.75 Å². The molecule has 2 aromatic carbocycles. The van der Waals surface area contributed by atoms with Crippen molar-refractivity contribution in [1.29, 1.82) is 0 Å². The molecule has 1 amide bonds. The van der Waals surface area contributed by atoms with E-state index in [0.29, 0.717) is 11.4 Å². The number of carbonyl (C=O) groups is 1. The second-order valence-corrected chi connectivity index (χ2v) is 7.15. The minimum atomic E-state index is -3.49. The molecule has 0 bridgehead atoms. The smallest absolute Gasteiger partial charge is 0.262 e. The van der Waals surface area contributed by atoms with Gasteiger partial charge in [-0.05, 0) is 62.4 Å². The summed E-state index contributed by atoms with van der Waals surface area (Å²) in [6.45, 7) is 3.79. The molecule has 0 atom stereocenters. The minimum absolute atomic E-state index is 0.124. The number of sulfonamides is 1. The summed E-state index contributed by atoms with van der Waals surface area (Å²) in [6.07, 6.45) is 0. The van der Waals surface area contributed by atoms with Crippen LogP contribution in [-0.4, -0.2) is 28.0 Å². The highest BCUT2D eigenvalue weighted by Gasteiger charge is 2.11. The van der Waals surface area contributed by atoms with Crippen LogP contribution in [0.25, 0.3) is 0 Å². The van der Waals surface area contributed by atoms with Crippen molar-refractivity contribution in [3.63, 3.8) is 0 Å². The molecule has 0 aliphatic heterocycles. The van der Waals surface area contributed by atoms with Crippen LogP contribution >= 0.6 is 0 Å². The Balaban J connectivity index is 1.96. The maximum Gasteiger partial charge on any atom is 0.262 e. The Bertz CT molecular complexity index is 830. The summed E-state index contributed by atoms with van der Waals surface area (Å²) in [5.74, 6) is 0.348. The van der Waals surface area contributed by atoms with Gasteiger partial charge in [0, 0.05) is 5.69 Å². The highest BCUT2D eigenvalue weighted by atomic mass is 32.2. The summed E-state index contributed by atoms with van der Waals surface area (Å²) in [4.78, 5) is 12.1. The number of hydrogen-bond acceptors (Lipinski definition) is 4. The number of anilines is 1. The molecular formula is C17H20N2O4S. The van der Waals surface area contributed by atoms with Gasteiger partial charge in [-0.2, -0.15) is 0 Å². The first-order valence-electron chi connectivity index (χ1n) is 7.36. The van der Waals surface area contributed by atoms with E-state index >= 15 is 0 Å². The van der Waals surface area contributed by atoms with Gasteiger partial charge in [0.05, 0.1) is 4.90 Å². The van der Waals surface area contributed by atoms with E-state index in [0.717, 1.165) is 11.1 Å². The third-order valence-corrected chi connectivity index (χ3v) is 5.06. The van der Waals surface area contributed by atoms with E-state index in [1.54, 1.807) is 0 Å². The Kier molecular flexibility index (Phi) is 5.58. The molecule has 0 saturated heterocycles. The molecule has 0 unspecified atom stereocenters. The van der Waals surface area contributed by atoms with Crippen molar-refractivity contribution < 1.29 is 17.9 Å². The quantitative estimate of drug-likeness (QED) is 0.838. The molecule has 2 rings (SSSR count). The first kappa shape index (κ1) is 18.0. The molecular weight excluding hydrogens is 328 g/mol. The summed E-state index contributed by atoms with van der Waals surface area (Å²) < 4.78 is 31.0. The van der Waals surface area contributed by atoms with E-state index in [1.807, 2.05) is 32.0 Å². The molecule has 7 heteroatoms. The van der Waals surface area contributed by atoms with E-state index in [2.05, 4.69) is 10.0 Å². The first-order chi connectivity index (χ1) is 11.3. The van der Waals surface area contributed by atoms with Gasteiger partial charge in [0.1, 0.15) is 5.75 Å². The van der Waals surface area contributed by atoms with Crippen molar-refractivity contribution in [2.75, 3.05) is 19.0 Å². The fraction of sp³-hybridized carbons (Fsp3) is 0.235. The fourth-order valence-electron chi connectivity index (χ4n) is 2.06. The first-order valence-corrected chi connectivity index (χ1v) is 8.84. The highest BCUT2D eigenvalue weighted by Crippen LogP contribution is 2.20. The second kappa shape index (κ2) is 7.46. The summed E-state index contributed by atoms with van der Waals surface area (Å²) in [5, 5.41) is 2.66. The molecule has 2 N–H and O–H groups in total. The van der Waals surface area contributed by atoms with Crippen molar-refractivity contribution in [1.82, 2.24) is 4.72 Å². The van der Waals surface area contributed by atoms with Crippen molar-refractivity contribution in [2.24, 2.45) is 0 Å². The van der Waals surface area contributed by atoms with Gasteiger partial charge in [0.25, 0.3) is 5.91 Å². The van der Waals surface area contributed by atoms with Gasteiger partial charge < -0.3 is 10.1 Å². The zero-order valence-corrected chi connectivity index (χ0v) is 14.6. The monoisotopic (exact) mass is 348 g/mol. The Morgan fingerprint density at radius 3 is 2.38 bits per heavy atom. The van der Waals surface area contributed by atoms with Gasteiger partial charge >= 0.3 is 0 Å². The summed E-state index contributed by atoms with van der Waals surface area (Å²) in [5.41, 5.74) is 2.58. The Morgan fingerprint density at radius 2 is 1.75 bits per heavy atom. The minimum Gasteiger partial charge on any atom is -0.483 e. The molecule has 0 spiro atoms. The topological polar surface area (TPSA) is 84.5 Å². The average Bonchev–Trinajstić information content (AvgIpc) is 2.56. The molecule has 0 aliphatic rings. The van der Waals surface area contributed by atoms with Crippen LogP contribution in [0.2, 0.25) is 0 Å². The third-order valence-electron chi connectivity index (χ3n) is 3.63. The normalized spacial score (nSPS) is 11.1. The standard InChI is InChI=1S/C17H20N2O4S/c1-12-5-4-6-16(13(12)2)23-11-17(20)19-14-7-9-15(10-8-14)24(21,22)18-3/h4-10,18H,11H2,1-3H3,(H,19,20). The van der Waals surface area contributed by atoms with Crippen LogP contribution in [0.4, 0.5) is 5.69 Å². The largest absolute Gasteiger partial charge is 0.483 e. The lowest BCUT2D eigenvalue weighted by Crippen LogP contribution is -2.21. The van der Waals surface area contributed by atoms with Crippen LogP contribution in [0.3, 0.4) is 0 Å². The fourth-order valence-corrected chi connectivity index (χ4v) is 2.79. The predicted molar refractivity (Wildman–Crippen MR) is 92.7 cm³/mol. The molecule has 0 heterocycles. The van der Waals surface area contributed by atoms with E-state index in [4.69, 9.17) is 4.74 Å². The summed E-state index contributed by atoms with van der Waals surface area (Å²) >= 11 is 0. The van der Waals surface area contributed by atoms with Gasteiger partial charge in [-0.25, -0.2) is 13.1 Å². The van der Waals surface area contributed by atoms with E-state index in [9.17, 15) is 13.2 Å². The predicted octanol–water partition coefficient (Wildman–Crippen LogP) is 2.23. The van der Waals surface area contributed by atoms with Crippen LogP contribution in [-0.2, 0) is 14.8 Å². The van der Waals surface area contributed by atoms with Crippen molar-refractivity contribution in [2.45, 2.75) is 18.7 Å². The number of hydrogen-bond donors (Lipinski definition) is 2. The number of nitrogens with one attached hydrogen (secondary N) is 2. The van der Waals surface area contributed by atoms with Crippen LogP contribution in [0, 0.1) is 13.8 Å². The summed E-state index contributed by atoms with van der Waals surface area (Å²) in [7, 11) is -2.14. The van der Waals surface area contributed by atoms with Crippen molar-refractivity contribution in [3.05, 3.63) is 53.6 Å². The number of carbonyl (C=O) groups excluding carboxylic acids is 1. The number of rotatable bonds is 6. The van der Waals surface area contributed by atoms with Crippen LogP contribution in [0.5, 0.6) is 5.75 Å². The molecule has 24 heavy (non-hydrogen) atoms. The molecule has 0 saturated carbocycles. The molecule has 128 valence electrons. The van der Waals surface area contributed by atoms with Crippen LogP contribution in [0.1, 0.15) is 11.1 Å². The van der Waals surface area contributed by atoms with Gasteiger partial charge in [0.15, 0.2) is 6.61 Å². The average molecular weight is 348 g/mol. The third kappa shape index (κ3) is 4.33. The number of ether oxygens (including phenoxy) is 1. The highest BCUT2D eigenvalue weighted by molar-refractivity contribution is 7.89. The molecule has 6 nitrogen and oxygen atoms in total. The number of aryl methyl sites for hydroxylation is 1. The zero-order chi connectivity index (χ0) is 17.7. The van der Waals surface area contributed by atoms with Gasteiger partial charge in [0.2, 0.25) is 10.0 Å². The lowest BCUT2D eigenvalue weighted by atomic mass is 10.1. The SMILES string of the molecule is CNS(=O)(=O)c1ccc(NC(=O)COc2cccc(C)c2C)cc1. The van der Waals surface area contributed by atoms with Gasteiger partial charge in [-0.3, -0.25) is 4.79 Å².